The monoisotopic (exact) mass is 745 g/mol. The van der Waals surface area contributed by atoms with E-state index in [1.54, 1.807) is 17.7 Å². The Kier molecular flexibility index (Phi) is 12.6. The van der Waals surface area contributed by atoms with Gasteiger partial charge in [0.05, 0.1) is 23.5 Å². The van der Waals surface area contributed by atoms with Crippen LogP contribution in [0.1, 0.15) is 128 Å². The van der Waals surface area contributed by atoms with Gasteiger partial charge < -0.3 is 9.47 Å². The Balaban J connectivity index is 0.872. The van der Waals surface area contributed by atoms with Gasteiger partial charge in [0.2, 0.25) is 0 Å². The van der Waals surface area contributed by atoms with Crippen LogP contribution in [0, 0.1) is 46.3 Å². The predicted octanol–water partition coefficient (Wildman–Crippen LogP) is 12.8. The number of pyridine rings is 1. The Morgan fingerprint density at radius 3 is 2.27 bits per heavy atom. The lowest BCUT2D eigenvalue weighted by Gasteiger charge is -2.58. The molecule has 7 rings (SSSR count). The number of aryl methyl sites for hydroxylation is 1. The smallest absolute Gasteiger partial charge is 0.338 e. The largest absolute Gasteiger partial charge is 0.494 e. The molecule has 6 heteroatoms. The molecule has 3 saturated carbocycles. The van der Waals surface area contributed by atoms with Crippen molar-refractivity contribution in [2.45, 2.75) is 131 Å². The van der Waals surface area contributed by atoms with Crippen LogP contribution in [0.3, 0.4) is 0 Å². The topological polar surface area (TPSA) is 64.1 Å². The zero-order valence-electron chi connectivity index (χ0n) is 34.3. The van der Waals surface area contributed by atoms with Crippen molar-refractivity contribution in [3.63, 3.8) is 0 Å². The van der Waals surface area contributed by atoms with Crippen molar-refractivity contribution in [1.29, 1.82) is 0 Å². The van der Waals surface area contributed by atoms with Crippen LogP contribution >= 0.6 is 0 Å². The first-order chi connectivity index (χ1) is 26.6. The molecule has 8 unspecified atom stereocenters. The highest BCUT2D eigenvalue weighted by molar-refractivity contribution is 5.89. The van der Waals surface area contributed by atoms with Crippen LogP contribution in [0.25, 0.3) is 0 Å². The van der Waals surface area contributed by atoms with Gasteiger partial charge in [-0.05, 0) is 146 Å². The summed E-state index contributed by atoms with van der Waals surface area (Å²) in [6, 6.07) is 21.1. The van der Waals surface area contributed by atoms with E-state index in [4.69, 9.17) is 9.47 Å². The molecule has 0 N–H and O–H groups in total. The lowest BCUT2D eigenvalue weighted by molar-refractivity contribution is -0.697. The van der Waals surface area contributed by atoms with Gasteiger partial charge in [-0.2, -0.15) is 10.2 Å². The third-order valence-corrected chi connectivity index (χ3v) is 14.6. The maximum atomic E-state index is 13.3. The highest BCUT2D eigenvalue weighted by Crippen LogP contribution is 2.67. The molecule has 3 fully saturated rings. The van der Waals surface area contributed by atoms with Gasteiger partial charge in [-0.15, -0.1) is 0 Å². The molecule has 3 aromatic rings. The number of aromatic nitrogens is 1. The van der Waals surface area contributed by atoms with Crippen molar-refractivity contribution in [2.75, 3.05) is 6.61 Å². The van der Waals surface area contributed by atoms with E-state index in [0.29, 0.717) is 23.3 Å². The molecule has 55 heavy (non-hydrogen) atoms. The summed E-state index contributed by atoms with van der Waals surface area (Å²) in [5.41, 5.74) is 4.33. The summed E-state index contributed by atoms with van der Waals surface area (Å²) in [7, 11) is 0. The molecule has 2 aromatic carbocycles. The number of ether oxygens (including phenoxy) is 2. The van der Waals surface area contributed by atoms with Crippen LogP contribution in [0.15, 0.2) is 101 Å². The minimum absolute atomic E-state index is 0.0561. The summed E-state index contributed by atoms with van der Waals surface area (Å²) in [5.74, 6) is 5.58. The third-order valence-electron chi connectivity index (χ3n) is 14.6. The van der Waals surface area contributed by atoms with Crippen LogP contribution in [0.4, 0.5) is 11.4 Å². The molecule has 4 aliphatic carbocycles. The molecule has 0 amide bonds. The fourth-order valence-corrected chi connectivity index (χ4v) is 11.5. The quantitative estimate of drug-likeness (QED) is 0.0512. The summed E-state index contributed by atoms with van der Waals surface area (Å²) < 4.78 is 14.3. The summed E-state index contributed by atoms with van der Waals surface area (Å²) in [4.78, 5) is 13.3. The average molecular weight is 745 g/mol. The van der Waals surface area contributed by atoms with Crippen LogP contribution in [0.5, 0.6) is 5.75 Å². The van der Waals surface area contributed by atoms with E-state index in [9.17, 15) is 4.79 Å². The number of hydrogen-bond donors (Lipinski definition) is 0. The first-order valence-corrected chi connectivity index (χ1v) is 21.7. The minimum Gasteiger partial charge on any atom is -0.494 e. The Morgan fingerprint density at radius 2 is 1.55 bits per heavy atom. The number of azo groups is 1. The van der Waals surface area contributed by atoms with Gasteiger partial charge in [-0.1, -0.05) is 71.6 Å². The molecule has 0 bridgehead atoms. The number of unbranched alkanes of at least 4 members (excludes halogenated alkanes) is 1. The molecule has 0 radical (unpaired) electrons. The summed E-state index contributed by atoms with van der Waals surface area (Å²) in [6.07, 6.45) is 22.7. The number of fused-ring (bicyclic) bond motifs is 5. The first kappa shape index (κ1) is 39.4. The number of hydrogen-bond acceptors (Lipinski definition) is 5. The maximum Gasteiger partial charge on any atom is 0.338 e. The van der Waals surface area contributed by atoms with Crippen molar-refractivity contribution in [1.82, 2.24) is 0 Å². The van der Waals surface area contributed by atoms with E-state index < -0.39 is 0 Å². The molecule has 6 nitrogen and oxygen atoms in total. The van der Waals surface area contributed by atoms with Crippen LogP contribution in [-0.2, 0) is 11.3 Å². The van der Waals surface area contributed by atoms with Gasteiger partial charge in [-0.3, -0.25) is 0 Å². The molecule has 0 aliphatic heterocycles. The zero-order chi connectivity index (χ0) is 38.4. The van der Waals surface area contributed by atoms with Crippen molar-refractivity contribution in [2.24, 2.45) is 56.6 Å². The fraction of sp³-hybridized carbons (Fsp3) is 0.592. The second-order valence-corrected chi connectivity index (χ2v) is 18.5. The second kappa shape index (κ2) is 17.6. The second-order valence-electron chi connectivity index (χ2n) is 18.5. The van der Waals surface area contributed by atoms with Gasteiger partial charge in [0.25, 0.3) is 0 Å². The van der Waals surface area contributed by atoms with E-state index in [0.717, 1.165) is 85.6 Å². The predicted molar refractivity (Wildman–Crippen MR) is 221 cm³/mol. The number of rotatable bonds is 15. The molecule has 0 spiro atoms. The number of benzene rings is 2. The maximum absolute atomic E-state index is 13.3. The first-order valence-electron chi connectivity index (χ1n) is 21.7. The normalized spacial score (nSPS) is 29.3. The molecular formula is C49H66N3O3+. The van der Waals surface area contributed by atoms with Crippen LogP contribution in [0.2, 0.25) is 0 Å². The summed E-state index contributed by atoms with van der Waals surface area (Å²) in [6.45, 7) is 14.2. The van der Waals surface area contributed by atoms with Crippen LogP contribution in [-0.4, -0.2) is 18.7 Å². The molecule has 4 aliphatic rings. The van der Waals surface area contributed by atoms with E-state index in [1.807, 2.05) is 42.5 Å². The number of allylic oxidation sites excluding steroid dienone is 1. The van der Waals surface area contributed by atoms with Crippen molar-refractivity contribution < 1.29 is 18.8 Å². The number of esters is 1. The van der Waals surface area contributed by atoms with Gasteiger partial charge in [-0.25, -0.2) is 9.36 Å². The molecule has 8 atom stereocenters. The van der Waals surface area contributed by atoms with Crippen molar-refractivity contribution in [3.8, 4) is 5.75 Å². The Hall–Kier alpha value is -3.80. The van der Waals surface area contributed by atoms with E-state index in [2.05, 4.69) is 80.0 Å². The summed E-state index contributed by atoms with van der Waals surface area (Å²) >= 11 is 0. The van der Waals surface area contributed by atoms with Gasteiger partial charge in [0, 0.05) is 25.0 Å². The standard InChI is InChI=1S/C49H66N3O3/c1-35(2)12-11-13-36(3)44-24-25-45-43-23-16-38-34-42(26-28-48(38,4)46(43)27-29-49(44,45)5)55-47(53)37-14-17-39(18-15-37)50-51-40-19-21-41(22-20-40)54-33-10-9-32-52-30-7-6-8-31-52/h6-8,14-22,30-31,35-36,42-46H,9-13,23-29,32-34H2,1-5H3/q+1. The fourth-order valence-electron chi connectivity index (χ4n) is 11.5. The Bertz CT molecular complexity index is 1770. The van der Waals surface area contributed by atoms with Crippen molar-refractivity contribution >= 4 is 17.3 Å². The number of carbonyl (C=O) groups is 1. The third kappa shape index (κ3) is 9.10. The average Bonchev–Trinajstić information content (AvgIpc) is 3.55. The zero-order valence-corrected chi connectivity index (χ0v) is 34.3. The van der Waals surface area contributed by atoms with Gasteiger partial charge in [0.15, 0.2) is 12.4 Å². The molecule has 0 saturated heterocycles. The van der Waals surface area contributed by atoms with E-state index in [-0.39, 0.29) is 17.5 Å². The Morgan fingerprint density at radius 1 is 0.818 bits per heavy atom. The highest BCUT2D eigenvalue weighted by Gasteiger charge is 2.59. The lowest BCUT2D eigenvalue weighted by atomic mass is 9.47. The summed E-state index contributed by atoms with van der Waals surface area (Å²) in [5, 5.41) is 8.80. The van der Waals surface area contributed by atoms with Crippen LogP contribution < -0.4 is 9.30 Å². The number of carbonyl (C=O) groups excluding carboxylic acids is 1. The molecular weight excluding hydrogens is 679 g/mol. The number of nitrogens with zero attached hydrogens (tertiary/aromatic N) is 3. The van der Waals surface area contributed by atoms with Crippen molar-refractivity contribution in [3.05, 3.63) is 96.3 Å². The van der Waals surface area contributed by atoms with E-state index in [1.165, 1.54) is 51.4 Å². The highest BCUT2D eigenvalue weighted by atomic mass is 16.5. The lowest BCUT2D eigenvalue weighted by Crippen LogP contribution is -2.51. The molecule has 294 valence electrons. The van der Waals surface area contributed by atoms with E-state index >= 15 is 0 Å². The van der Waals surface area contributed by atoms with Gasteiger partial charge >= 0.3 is 5.97 Å². The van der Waals surface area contributed by atoms with Gasteiger partial charge in [0.1, 0.15) is 18.4 Å². The molecule has 1 heterocycles. The minimum atomic E-state index is -0.242. The molecule has 1 aromatic heterocycles. The Labute approximate surface area is 331 Å². The SMILES string of the molecule is CC(C)CCCC(C)C1CCC2C3CC=C4CC(OC(=O)c5ccc(N=Nc6ccc(OCCCC[n+]7ccccc7)cc6)cc5)CCC4(C)C3CCC12C.